The zero-order valence-corrected chi connectivity index (χ0v) is 11.2. The second-order valence-corrected chi connectivity index (χ2v) is 4.07. The number of hydrogen-bond donors (Lipinski definition) is 2. The van der Waals surface area contributed by atoms with Crippen LogP contribution in [-0.4, -0.2) is 38.3 Å². The fourth-order valence-electron chi connectivity index (χ4n) is 1.65. The van der Waals surface area contributed by atoms with E-state index in [0.717, 1.165) is 30.9 Å². The van der Waals surface area contributed by atoms with E-state index in [9.17, 15) is 0 Å². The molecule has 2 aromatic rings. The molecule has 0 aromatic carbocycles. The predicted octanol–water partition coefficient (Wildman–Crippen LogP) is 1.35. The molecule has 2 aromatic heterocycles. The first-order valence-corrected chi connectivity index (χ1v) is 6.34. The van der Waals surface area contributed by atoms with E-state index < -0.39 is 0 Å². The number of H-pyrrole nitrogens is 1. The number of hydrogen-bond acceptors (Lipinski definition) is 6. The Morgan fingerprint density at radius 1 is 1.37 bits per heavy atom. The average Bonchev–Trinajstić information content (AvgIpc) is 2.87. The van der Waals surface area contributed by atoms with E-state index in [-0.39, 0.29) is 0 Å². The Hall–Kier alpha value is -2.18. The van der Waals surface area contributed by atoms with Crippen LogP contribution in [0.25, 0.3) is 0 Å². The number of aromatic nitrogens is 5. The van der Waals surface area contributed by atoms with Gasteiger partial charge in [-0.3, -0.25) is 5.10 Å². The summed E-state index contributed by atoms with van der Waals surface area (Å²) in [6.07, 6.45) is 3.29. The third kappa shape index (κ3) is 4.20. The number of aryl methyl sites for hydroxylation is 2. The second kappa shape index (κ2) is 6.67. The molecule has 0 amide bonds. The van der Waals surface area contributed by atoms with Crippen molar-refractivity contribution < 1.29 is 4.74 Å². The number of nitrogens with one attached hydrogen (secondary N) is 2. The fourth-order valence-corrected chi connectivity index (χ4v) is 1.65. The maximum Gasteiger partial charge on any atom is 0.226 e. The molecular weight excluding hydrogens is 244 g/mol. The monoisotopic (exact) mass is 262 g/mol. The number of ether oxygens (including phenoxy) is 1. The van der Waals surface area contributed by atoms with Crippen molar-refractivity contribution in [2.75, 3.05) is 18.5 Å². The van der Waals surface area contributed by atoms with Crippen molar-refractivity contribution in [1.82, 2.24) is 25.1 Å². The van der Waals surface area contributed by atoms with E-state index in [4.69, 9.17) is 4.74 Å². The summed E-state index contributed by atoms with van der Waals surface area (Å²) in [5.74, 6) is 2.09. The normalized spacial score (nSPS) is 10.4. The molecule has 0 radical (unpaired) electrons. The smallest absolute Gasteiger partial charge is 0.226 e. The highest BCUT2D eigenvalue weighted by atomic mass is 16.5. The molecule has 7 heteroatoms. The lowest BCUT2D eigenvalue weighted by molar-refractivity contribution is 0.326. The molecule has 0 bridgehead atoms. The van der Waals surface area contributed by atoms with Gasteiger partial charge in [0, 0.05) is 24.7 Å². The van der Waals surface area contributed by atoms with Crippen LogP contribution in [0.3, 0.4) is 0 Å². The van der Waals surface area contributed by atoms with Crippen molar-refractivity contribution in [3.63, 3.8) is 0 Å². The molecule has 0 spiro atoms. The number of rotatable bonds is 7. The summed E-state index contributed by atoms with van der Waals surface area (Å²) < 4.78 is 5.38. The standard InChI is InChI=1S/C12H18N6O/c1-3-19-11-7-9(2)16-12(17-11)13-6-4-5-10-14-8-15-18-10/h7-8H,3-6H2,1-2H3,(H,13,16,17)(H,14,15,18). The molecular formula is C12H18N6O. The van der Waals surface area contributed by atoms with E-state index >= 15 is 0 Å². The molecule has 0 aliphatic rings. The summed E-state index contributed by atoms with van der Waals surface area (Å²) in [6.45, 7) is 5.23. The largest absolute Gasteiger partial charge is 0.478 e. The molecule has 2 rings (SSSR count). The Balaban J connectivity index is 1.81. The zero-order chi connectivity index (χ0) is 13.5. The molecule has 2 N–H and O–H groups in total. The van der Waals surface area contributed by atoms with E-state index in [2.05, 4.69) is 30.5 Å². The summed E-state index contributed by atoms with van der Waals surface area (Å²) in [6, 6.07) is 1.82. The van der Waals surface area contributed by atoms with E-state index in [1.807, 2.05) is 19.9 Å². The lowest BCUT2D eigenvalue weighted by Gasteiger charge is -2.07. The molecule has 102 valence electrons. The molecule has 2 heterocycles. The minimum absolute atomic E-state index is 0.598. The number of nitrogens with zero attached hydrogens (tertiary/aromatic N) is 4. The van der Waals surface area contributed by atoms with Gasteiger partial charge in [0.2, 0.25) is 11.8 Å². The highest BCUT2D eigenvalue weighted by molar-refractivity contribution is 5.30. The van der Waals surface area contributed by atoms with Crippen LogP contribution in [0.5, 0.6) is 5.88 Å². The first-order valence-electron chi connectivity index (χ1n) is 6.34. The lowest BCUT2D eigenvalue weighted by Crippen LogP contribution is -2.08. The quantitative estimate of drug-likeness (QED) is 0.732. The van der Waals surface area contributed by atoms with Crippen molar-refractivity contribution in [3.05, 3.63) is 23.9 Å². The maximum absolute atomic E-state index is 5.38. The van der Waals surface area contributed by atoms with Crippen molar-refractivity contribution in [2.24, 2.45) is 0 Å². The van der Waals surface area contributed by atoms with Crippen molar-refractivity contribution in [2.45, 2.75) is 26.7 Å². The minimum atomic E-state index is 0.598. The van der Waals surface area contributed by atoms with Crippen LogP contribution in [0.4, 0.5) is 5.95 Å². The third-order valence-electron chi connectivity index (χ3n) is 2.46. The SMILES string of the molecule is CCOc1cc(C)nc(NCCCc2ncn[nH]2)n1. The van der Waals surface area contributed by atoms with Crippen molar-refractivity contribution in [1.29, 1.82) is 0 Å². The number of anilines is 1. The second-order valence-electron chi connectivity index (χ2n) is 4.07. The Morgan fingerprint density at radius 2 is 2.26 bits per heavy atom. The van der Waals surface area contributed by atoms with E-state index in [1.165, 1.54) is 6.33 Å². The van der Waals surface area contributed by atoms with Crippen LogP contribution in [-0.2, 0) is 6.42 Å². The van der Waals surface area contributed by atoms with Gasteiger partial charge in [-0.25, -0.2) is 9.97 Å². The van der Waals surface area contributed by atoms with Crippen LogP contribution in [0.1, 0.15) is 24.9 Å². The minimum Gasteiger partial charge on any atom is -0.478 e. The molecule has 0 saturated heterocycles. The van der Waals surface area contributed by atoms with Gasteiger partial charge in [0.1, 0.15) is 12.2 Å². The summed E-state index contributed by atoms with van der Waals surface area (Å²) in [4.78, 5) is 12.7. The zero-order valence-electron chi connectivity index (χ0n) is 11.2. The predicted molar refractivity (Wildman–Crippen MR) is 71.1 cm³/mol. The average molecular weight is 262 g/mol. The molecule has 0 fully saturated rings. The van der Waals surface area contributed by atoms with Gasteiger partial charge in [-0.15, -0.1) is 0 Å². The van der Waals surface area contributed by atoms with Crippen molar-refractivity contribution in [3.8, 4) is 5.88 Å². The van der Waals surface area contributed by atoms with Gasteiger partial charge in [0.25, 0.3) is 0 Å². The van der Waals surface area contributed by atoms with Gasteiger partial charge in [-0.1, -0.05) is 0 Å². The van der Waals surface area contributed by atoms with Crippen LogP contribution in [0.15, 0.2) is 12.4 Å². The first-order chi connectivity index (χ1) is 9.28. The molecule has 0 unspecified atom stereocenters. The Morgan fingerprint density at radius 3 is 3.00 bits per heavy atom. The highest BCUT2D eigenvalue weighted by Gasteiger charge is 2.02. The molecule has 0 saturated carbocycles. The van der Waals surface area contributed by atoms with E-state index in [0.29, 0.717) is 18.4 Å². The van der Waals surface area contributed by atoms with Gasteiger partial charge >= 0.3 is 0 Å². The Bertz CT molecular complexity index is 499. The van der Waals surface area contributed by atoms with Crippen LogP contribution >= 0.6 is 0 Å². The van der Waals surface area contributed by atoms with Gasteiger partial charge in [0.05, 0.1) is 6.61 Å². The molecule has 19 heavy (non-hydrogen) atoms. The van der Waals surface area contributed by atoms with Gasteiger partial charge < -0.3 is 10.1 Å². The van der Waals surface area contributed by atoms with Crippen LogP contribution in [0.2, 0.25) is 0 Å². The summed E-state index contributed by atoms with van der Waals surface area (Å²) in [5, 5.41) is 9.82. The number of aromatic amines is 1. The molecule has 0 aliphatic heterocycles. The highest BCUT2D eigenvalue weighted by Crippen LogP contribution is 2.11. The van der Waals surface area contributed by atoms with E-state index in [1.54, 1.807) is 0 Å². The summed E-state index contributed by atoms with van der Waals surface area (Å²) in [7, 11) is 0. The topological polar surface area (TPSA) is 88.6 Å². The van der Waals surface area contributed by atoms with Gasteiger partial charge in [-0.2, -0.15) is 10.1 Å². The van der Waals surface area contributed by atoms with Crippen LogP contribution < -0.4 is 10.1 Å². The lowest BCUT2D eigenvalue weighted by atomic mass is 10.3. The summed E-state index contributed by atoms with van der Waals surface area (Å²) in [5.41, 5.74) is 0.885. The van der Waals surface area contributed by atoms with Crippen LogP contribution in [0, 0.1) is 6.92 Å². The Kier molecular flexibility index (Phi) is 4.66. The van der Waals surface area contributed by atoms with Gasteiger partial charge in [-0.05, 0) is 20.3 Å². The molecule has 0 atom stereocenters. The molecule has 7 nitrogen and oxygen atoms in total. The third-order valence-corrected chi connectivity index (χ3v) is 2.46. The van der Waals surface area contributed by atoms with Gasteiger partial charge in [0.15, 0.2) is 0 Å². The summed E-state index contributed by atoms with van der Waals surface area (Å²) >= 11 is 0. The first kappa shape index (κ1) is 13.3. The molecule has 0 aliphatic carbocycles. The fraction of sp³-hybridized carbons (Fsp3) is 0.500. The Labute approximate surface area is 111 Å². The maximum atomic E-state index is 5.38. The van der Waals surface area contributed by atoms with Crippen molar-refractivity contribution >= 4 is 5.95 Å².